The summed E-state index contributed by atoms with van der Waals surface area (Å²) in [5.74, 6) is 0. The standard InChI is InChI=1S/C14H19N3O5S/c18-9-14(3-5-22-6-4-14)8-15-23(20,21)10-1-2-11-12(7-10)17-13(19)16-11/h1-2,7,15,18H,3-6,8-9H2,(H2,16,17,19). The monoisotopic (exact) mass is 341 g/mol. The van der Waals surface area contributed by atoms with E-state index in [4.69, 9.17) is 4.74 Å². The molecule has 2 aromatic rings. The van der Waals surface area contributed by atoms with Gasteiger partial charge in [-0.1, -0.05) is 0 Å². The third-order valence-corrected chi connectivity index (χ3v) is 5.72. The van der Waals surface area contributed by atoms with Crippen molar-refractivity contribution in [2.24, 2.45) is 5.41 Å². The Labute approximate surface area is 132 Å². The summed E-state index contributed by atoms with van der Waals surface area (Å²) >= 11 is 0. The molecule has 0 unspecified atom stereocenters. The van der Waals surface area contributed by atoms with E-state index in [2.05, 4.69) is 14.7 Å². The number of fused-ring (bicyclic) bond motifs is 1. The first kappa shape index (κ1) is 16.2. The van der Waals surface area contributed by atoms with Gasteiger partial charge in [0.15, 0.2) is 0 Å². The topological polar surface area (TPSA) is 124 Å². The lowest BCUT2D eigenvalue weighted by Gasteiger charge is -2.35. The predicted molar refractivity (Wildman–Crippen MR) is 83.7 cm³/mol. The van der Waals surface area contributed by atoms with Crippen LogP contribution in [-0.2, 0) is 14.8 Å². The van der Waals surface area contributed by atoms with Gasteiger partial charge in [-0.15, -0.1) is 0 Å². The number of aromatic amines is 2. The minimum atomic E-state index is -3.73. The van der Waals surface area contributed by atoms with Gasteiger partial charge in [0.05, 0.1) is 22.5 Å². The summed E-state index contributed by atoms with van der Waals surface area (Å²) in [4.78, 5) is 16.4. The molecule has 0 atom stereocenters. The second kappa shape index (κ2) is 6.08. The summed E-state index contributed by atoms with van der Waals surface area (Å²) in [5, 5.41) is 9.62. The van der Waals surface area contributed by atoms with Crippen molar-refractivity contribution in [1.82, 2.24) is 14.7 Å². The number of benzene rings is 1. The molecule has 1 aromatic heterocycles. The number of hydrogen-bond acceptors (Lipinski definition) is 5. The molecule has 4 N–H and O–H groups in total. The van der Waals surface area contributed by atoms with Crippen LogP contribution in [0.1, 0.15) is 12.8 Å². The number of nitrogens with one attached hydrogen (secondary N) is 3. The number of H-pyrrole nitrogens is 2. The molecular formula is C14H19N3O5S. The summed E-state index contributed by atoms with van der Waals surface area (Å²) < 4.78 is 32.7. The minimum Gasteiger partial charge on any atom is -0.396 e. The maximum Gasteiger partial charge on any atom is 0.323 e. The number of ether oxygens (including phenoxy) is 1. The molecule has 23 heavy (non-hydrogen) atoms. The highest BCUT2D eigenvalue weighted by Gasteiger charge is 2.33. The first-order chi connectivity index (χ1) is 10.9. The van der Waals surface area contributed by atoms with Crippen LogP contribution in [0.5, 0.6) is 0 Å². The zero-order chi connectivity index (χ0) is 16.5. The van der Waals surface area contributed by atoms with E-state index in [9.17, 15) is 18.3 Å². The summed E-state index contributed by atoms with van der Waals surface area (Å²) in [7, 11) is -3.73. The number of rotatable bonds is 5. The lowest BCUT2D eigenvalue weighted by molar-refractivity contribution is -0.0126. The van der Waals surface area contributed by atoms with E-state index in [1.165, 1.54) is 18.2 Å². The van der Waals surface area contributed by atoms with E-state index in [0.29, 0.717) is 37.1 Å². The van der Waals surface area contributed by atoms with Crippen LogP contribution in [-0.4, -0.2) is 49.9 Å². The molecule has 8 nitrogen and oxygen atoms in total. The second-order valence-corrected chi connectivity index (χ2v) is 7.65. The average Bonchev–Trinajstić information content (AvgIpc) is 2.93. The van der Waals surface area contributed by atoms with Crippen LogP contribution in [0.15, 0.2) is 27.9 Å². The summed E-state index contributed by atoms with van der Waals surface area (Å²) in [6, 6.07) is 4.38. The molecule has 0 saturated carbocycles. The zero-order valence-electron chi connectivity index (χ0n) is 12.5. The SMILES string of the molecule is O=c1[nH]c2ccc(S(=O)(=O)NCC3(CO)CCOCC3)cc2[nH]1. The van der Waals surface area contributed by atoms with Gasteiger partial charge in [-0.05, 0) is 31.0 Å². The maximum absolute atomic E-state index is 12.5. The highest BCUT2D eigenvalue weighted by Crippen LogP contribution is 2.29. The average molecular weight is 341 g/mol. The fourth-order valence-electron chi connectivity index (χ4n) is 2.71. The molecular weight excluding hydrogens is 322 g/mol. The van der Waals surface area contributed by atoms with Crippen molar-refractivity contribution >= 4 is 21.1 Å². The van der Waals surface area contributed by atoms with Crippen LogP contribution in [0.2, 0.25) is 0 Å². The van der Waals surface area contributed by atoms with Crippen molar-refractivity contribution in [2.45, 2.75) is 17.7 Å². The Morgan fingerprint density at radius 3 is 2.61 bits per heavy atom. The van der Waals surface area contributed by atoms with Crippen molar-refractivity contribution in [3.05, 3.63) is 28.7 Å². The summed E-state index contributed by atoms with van der Waals surface area (Å²) in [5.41, 5.74) is 0.104. The van der Waals surface area contributed by atoms with Gasteiger partial charge in [0.1, 0.15) is 0 Å². The quantitative estimate of drug-likeness (QED) is 0.606. The largest absolute Gasteiger partial charge is 0.396 e. The first-order valence-electron chi connectivity index (χ1n) is 7.35. The van der Waals surface area contributed by atoms with Crippen LogP contribution in [0.25, 0.3) is 11.0 Å². The molecule has 0 bridgehead atoms. The van der Waals surface area contributed by atoms with Crippen molar-refractivity contribution < 1.29 is 18.3 Å². The number of imidazole rings is 1. The molecule has 9 heteroatoms. The smallest absolute Gasteiger partial charge is 0.323 e. The number of aliphatic hydroxyl groups is 1. The molecule has 1 fully saturated rings. The first-order valence-corrected chi connectivity index (χ1v) is 8.83. The lowest BCUT2D eigenvalue weighted by Crippen LogP contribution is -2.43. The number of sulfonamides is 1. The Balaban J connectivity index is 1.80. The van der Waals surface area contributed by atoms with Gasteiger partial charge in [0, 0.05) is 25.2 Å². The van der Waals surface area contributed by atoms with Gasteiger partial charge in [-0.25, -0.2) is 17.9 Å². The Morgan fingerprint density at radius 1 is 1.22 bits per heavy atom. The number of aliphatic hydroxyl groups excluding tert-OH is 1. The molecule has 3 rings (SSSR count). The van der Waals surface area contributed by atoms with Crippen molar-refractivity contribution in [3.63, 3.8) is 0 Å². The van der Waals surface area contributed by atoms with Crippen molar-refractivity contribution in [1.29, 1.82) is 0 Å². The molecule has 0 spiro atoms. The summed E-state index contributed by atoms with van der Waals surface area (Å²) in [6.45, 7) is 1.08. The van der Waals surface area contributed by atoms with E-state index in [1.54, 1.807) is 0 Å². The fourth-order valence-corrected chi connectivity index (χ4v) is 3.89. The van der Waals surface area contributed by atoms with Gasteiger partial charge in [0.25, 0.3) is 0 Å². The molecule has 0 radical (unpaired) electrons. The third kappa shape index (κ3) is 3.32. The molecule has 126 valence electrons. The number of aromatic nitrogens is 2. The molecule has 0 amide bonds. The van der Waals surface area contributed by atoms with Crippen LogP contribution < -0.4 is 10.4 Å². The summed E-state index contributed by atoms with van der Waals surface area (Å²) in [6.07, 6.45) is 1.21. The van der Waals surface area contributed by atoms with E-state index < -0.39 is 15.4 Å². The van der Waals surface area contributed by atoms with Gasteiger partial charge < -0.3 is 19.8 Å². The van der Waals surface area contributed by atoms with E-state index in [1.807, 2.05) is 0 Å². The highest BCUT2D eigenvalue weighted by atomic mass is 32.2. The molecule has 2 heterocycles. The van der Waals surface area contributed by atoms with E-state index >= 15 is 0 Å². The van der Waals surface area contributed by atoms with Crippen LogP contribution >= 0.6 is 0 Å². The Hall–Kier alpha value is -1.68. The lowest BCUT2D eigenvalue weighted by atomic mass is 9.81. The predicted octanol–water partition coefficient (Wildman–Crippen LogP) is -0.0764. The highest BCUT2D eigenvalue weighted by molar-refractivity contribution is 7.89. The van der Waals surface area contributed by atoms with Crippen LogP contribution in [0.3, 0.4) is 0 Å². The fraction of sp³-hybridized carbons (Fsp3) is 0.500. The third-order valence-electron chi connectivity index (χ3n) is 4.32. The van der Waals surface area contributed by atoms with Crippen LogP contribution in [0.4, 0.5) is 0 Å². The molecule has 1 aliphatic heterocycles. The minimum absolute atomic E-state index is 0.0698. The van der Waals surface area contributed by atoms with Crippen molar-refractivity contribution in [2.75, 3.05) is 26.4 Å². The molecule has 0 aliphatic carbocycles. The van der Waals surface area contributed by atoms with Gasteiger partial charge in [-0.2, -0.15) is 0 Å². The van der Waals surface area contributed by atoms with Gasteiger partial charge >= 0.3 is 5.69 Å². The Morgan fingerprint density at radius 2 is 1.91 bits per heavy atom. The second-order valence-electron chi connectivity index (χ2n) is 5.88. The van der Waals surface area contributed by atoms with Crippen molar-refractivity contribution in [3.8, 4) is 0 Å². The van der Waals surface area contributed by atoms with Crippen LogP contribution in [0, 0.1) is 5.41 Å². The van der Waals surface area contributed by atoms with Gasteiger partial charge in [-0.3, -0.25) is 0 Å². The molecule has 1 saturated heterocycles. The van der Waals surface area contributed by atoms with Gasteiger partial charge in [0.2, 0.25) is 10.0 Å². The maximum atomic E-state index is 12.5. The van der Waals surface area contributed by atoms with E-state index in [0.717, 1.165) is 0 Å². The molecule has 1 aromatic carbocycles. The zero-order valence-corrected chi connectivity index (χ0v) is 13.3. The van der Waals surface area contributed by atoms with E-state index in [-0.39, 0.29) is 23.7 Å². The Kier molecular flexibility index (Phi) is 4.28. The Bertz CT molecular complexity index is 849. The number of hydrogen-bond donors (Lipinski definition) is 4. The normalized spacial score (nSPS) is 18.3. The molecule has 1 aliphatic rings.